The molecule has 0 radical (unpaired) electrons. The maximum Gasteiger partial charge on any atom is 0.0679 e. The Bertz CT molecular complexity index is 521. The van der Waals surface area contributed by atoms with Gasteiger partial charge in [0.15, 0.2) is 0 Å². The van der Waals surface area contributed by atoms with Crippen LogP contribution < -0.4 is 5.73 Å². The van der Waals surface area contributed by atoms with Crippen LogP contribution in [0.4, 0.5) is 0 Å². The molecule has 0 spiro atoms. The van der Waals surface area contributed by atoms with E-state index in [2.05, 4.69) is 0 Å². The molecule has 2 rings (SSSR count). The summed E-state index contributed by atoms with van der Waals surface area (Å²) in [4.78, 5) is 0. The maximum absolute atomic E-state index is 9.58. The monoisotopic (exact) mass is 253 g/mol. The molecular weight excluding hydrogens is 234 g/mol. The van der Waals surface area contributed by atoms with E-state index >= 15 is 0 Å². The average molecular weight is 253 g/mol. The lowest BCUT2D eigenvalue weighted by molar-refractivity contribution is 0.198. The topological polar surface area (TPSA) is 46.2 Å². The zero-order chi connectivity index (χ0) is 13.6. The van der Waals surface area contributed by atoms with Crippen LogP contribution in [0, 0.1) is 0 Å². The third kappa shape index (κ3) is 3.53. The molecule has 0 heterocycles. The Morgan fingerprint density at radius 2 is 1.53 bits per heavy atom. The number of hydrogen-bond acceptors (Lipinski definition) is 2. The number of nitrogens with two attached hydrogens (primary N) is 1. The van der Waals surface area contributed by atoms with Gasteiger partial charge in [-0.05, 0) is 17.5 Å². The van der Waals surface area contributed by atoms with E-state index in [4.69, 9.17) is 5.73 Å². The van der Waals surface area contributed by atoms with Crippen LogP contribution >= 0.6 is 0 Å². The van der Waals surface area contributed by atoms with Gasteiger partial charge in [0.1, 0.15) is 0 Å². The van der Waals surface area contributed by atoms with Crippen molar-refractivity contribution in [1.82, 2.24) is 0 Å². The molecule has 98 valence electrons. The summed E-state index contributed by atoms with van der Waals surface area (Å²) < 4.78 is 0. The van der Waals surface area contributed by atoms with Crippen LogP contribution in [-0.4, -0.2) is 11.7 Å². The lowest BCUT2D eigenvalue weighted by Gasteiger charge is -2.26. The summed E-state index contributed by atoms with van der Waals surface area (Å²) in [5, 5.41) is 9.58. The highest BCUT2D eigenvalue weighted by atomic mass is 16.3. The van der Waals surface area contributed by atoms with Crippen LogP contribution in [0.25, 0.3) is 6.08 Å². The van der Waals surface area contributed by atoms with Crippen LogP contribution in [0.5, 0.6) is 0 Å². The first kappa shape index (κ1) is 13.5. The lowest BCUT2D eigenvalue weighted by Crippen LogP contribution is -2.39. The van der Waals surface area contributed by atoms with Gasteiger partial charge in [0.2, 0.25) is 0 Å². The van der Waals surface area contributed by atoms with Crippen molar-refractivity contribution in [3.8, 4) is 0 Å². The molecule has 2 heteroatoms. The third-order valence-corrected chi connectivity index (χ3v) is 3.22. The molecule has 0 fully saturated rings. The van der Waals surface area contributed by atoms with Crippen LogP contribution in [0.15, 0.2) is 66.7 Å². The minimum Gasteiger partial charge on any atom is -0.394 e. The molecule has 19 heavy (non-hydrogen) atoms. The van der Waals surface area contributed by atoms with Gasteiger partial charge in [-0.2, -0.15) is 0 Å². The van der Waals surface area contributed by atoms with E-state index in [1.807, 2.05) is 72.8 Å². The summed E-state index contributed by atoms with van der Waals surface area (Å²) >= 11 is 0. The Kier molecular flexibility index (Phi) is 4.50. The first-order chi connectivity index (χ1) is 9.24. The van der Waals surface area contributed by atoms with E-state index in [9.17, 15) is 5.11 Å². The summed E-state index contributed by atoms with van der Waals surface area (Å²) in [7, 11) is 0. The van der Waals surface area contributed by atoms with E-state index < -0.39 is 5.54 Å². The Labute approximate surface area is 114 Å². The van der Waals surface area contributed by atoms with Crippen molar-refractivity contribution in [3.63, 3.8) is 0 Å². The van der Waals surface area contributed by atoms with Gasteiger partial charge in [-0.15, -0.1) is 0 Å². The van der Waals surface area contributed by atoms with Crippen molar-refractivity contribution in [2.45, 2.75) is 12.0 Å². The Morgan fingerprint density at radius 1 is 0.947 bits per heavy atom. The quantitative estimate of drug-likeness (QED) is 0.860. The highest BCUT2D eigenvalue weighted by molar-refractivity contribution is 5.49. The van der Waals surface area contributed by atoms with Crippen LogP contribution in [-0.2, 0) is 5.54 Å². The number of aliphatic hydroxyl groups is 1. The molecule has 0 aliphatic rings. The molecule has 0 amide bonds. The standard InChI is InChI=1S/C17H19NO/c18-17(14-19,16-11-5-2-6-12-16)13-7-10-15-8-3-1-4-9-15/h1-12,19H,13-14,18H2/b10-7+. The zero-order valence-corrected chi connectivity index (χ0v) is 10.9. The highest BCUT2D eigenvalue weighted by Crippen LogP contribution is 2.22. The van der Waals surface area contributed by atoms with Crippen LogP contribution in [0.1, 0.15) is 17.5 Å². The van der Waals surface area contributed by atoms with Gasteiger partial charge in [0.05, 0.1) is 12.1 Å². The zero-order valence-electron chi connectivity index (χ0n) is 10.9. The summed E-state index contributed by atoms with van der Waals surface area (Å²) in [5.41, 5.74) is 7.65. The molecule has 0 saturated heterocycles. The second kappa shape index (κ2) is 6.32. The van der Waals surface area contributed by atoms with E-state index in [0.29, 0.717) is 6.42 Å². The molecule has 2 nitrogen and oxygen atoms in total. The fourth-order valence-electron chi connectivity index (χ4n) is 2.01. The molecule has 0 saturated carbocycles. The second-order valence-electron chi connectivity index (χ2n) is 4.70. The molecule has 3 N–H and O–H groups in total. The Balaban J connectivity index is 2.10. The summed E-state index contributed by atoms with van der Waals surface area (Å²) in [5.74, 6) is 0. The molecule has 0 aliphatic carbocycles. The fraction of sp³-hybridized carbons (Fsp3) is 0.176. The van der Waals surface area contributed by atoms with Gasteiger partial charge in [-0.25, -0.2) is 0 Å². The first-order valence-electron chi connectivity index (χ1n) is 6.41. The fourth-order valence-corrected chi connectivity index (χ4v) is 2.01. The van der Waals surface area contributed by atoms with Crippen molar-refractivity contribution in [1.29, 1.82) is 0 Å². The summed E-state index contributed by atoms with van der Waals surface area (Å²) in [6.45, 7) is -0.0733. The SMILES string of the molecule is NC(CO)(C/C=C/c1ccccc1)c1ccccc1. The van der Waals surface area contributed by atoms with Gasteiger partial charge < -0.3 is 10.8 Å². The average Bonchev–Trinajstić information content (AvgIpc) is 2.49. The molecule has 1 atom stereocenters. The smallest absolute Gasteiger partial charge is 0.0679 e. The first-order valence-corrected chi connectivity index (χ1v) is 6.41. The third-order valence-electron chi connectivity index (χ3n) is 3.22. The van der Waals surface area contributed by atoms with Crippen LogP contribution in [0.3, 0.4) is 0 Å². The largest absolute Gasteiger partial charge is 0.394 e. The molecular formula is C17H19NO. The van der Waals surface area contributed by atoms with Crippen molar-refractivity contribution >= 4 is 6.08 Å². The van der Waals surface area contributed by atoms with Gasteiger partial charge >= 0.3 is 0 Å². The van der Waals surface area contributed by atoms with Gasteiger partial charge in [-0.3, -0.25) is 0 Å². The van der Waals surface area contributed by atoms with Gasteiger partial charge in [-0.1, -0.05) is 72.8 Å². The Morgan fingerprint density at radius 3 is 2.11 bits per heavy atom. The molecule has 0 bridgehead atoms. The highest BCUT2D eigenvalue weighted by Gasteiger charge is 2.24. The number of aliphatic hydroxyl groups excluding tert-OH is 1. The minimum atomic E-state index is -0.716. The Hall–Kier alpha value is -1.90. The molecule has 2 aromatic carbocycles. The van der Waals surface area contributed by atoms with Crippen LogP contribution in [0.2, 0.25) is 0 Å². The molecule has 0 aromatic heterocycles. The van der Waals surface area contributed by atoms with E-state index in [-0.39, 0.29) is 6.61 Å². The lowest BCUT2D eigenvalue weighted by atomic mass is 9.88. The predicted octanol–water partition coefficient (Wildman–Crippen LogP) is 2.94. The van der Waals surface area contributed by atoms with Crippen molar-refractivity contribution in [2.75, 3.05) is 6.61 Å². The molecule has 1 unspecified atom stereocenters. The number of benzene rings is 2. The van der Waals surface area contributed by atoms with E-state index in [0.717, 1.165) is 11.1 Å². The van der Waals surface area contributed by atoms with Crippen molar-refractivity contribution in [3.05, 3.63) is 77.9 Å². The van der Waals surface area contributed by atoms with Crippen molar-refractivity contribution < 1.29 is 5.11 Å². The summed E-state index contributed by atoms with van der Waals surface area (Å²) in [6, 6.07) is 19.8. The number of hydrogen-bond donors (Lipinski definition) is 2. The molecule has 2 aromatic rings. The summed E-state index contributed by atoms with van der Waals surface area (Å²) in [6.07, 6.45) is 4.64. The molecule has 0 aliphatic heterocycles. The van der Waals surface area contributed by atoms with Crippen molar-refractivity contribution in [2.24, 2.45) is 5.73 Å². The normalized spacial score (nSPS) is 14.4. The van der Waals surface area contributed by atoms with E-state index in [1.54, 1.807) is 0 Å². The predicted molar refractivity (Wildman–Crippen MR) is 79.5 cm³/mol. The maximum atomic E-state index is 9.58. The van der Waals surface area contributed by atoms with Gasteiger partial charge in [0.25, 0.3) is 0 Å². The second-order valence-corrected chi connectivity index (χ2v) is 4.70. The van der Waals surface area contributed by atoms with E-state index in [1.165, 1.54) is 0 Å². The number of rotatable bonds is 5. The minimum absolute atomic E-state index is 0.0733. The van der Waals surface area contributed by atoms with Gasteiger partial charge in [0, 0.05) is 0 Å².